The molecular formula is C17H26ClN3O5. The van der Waals surface area contributed by atoms with Crippen LogP contribution in [0.25, 0.3) is 0 Å². The number of hydrogen-bond donors (Lipinski definition) is 2. The predicted molar refractivity (Wildman–Crippen MR) is 94.0 cm³/mol. The zero-order valence-electron chi connectivity index (χ0n) is 14.8. The number of carbonyl (C=O) groups excluding carboxylic acids is 1. The van der Waals surface area contributed by atoms with Gasteiger partial charge in [-0.2, -0.15) is 4.98 Å². The van der Waals surface area contributed by atoms with E-state index in [4.69, 9.17) is 19.6 Å². The third-order valence-electron chi connectivity index (χ3n) is 4.56. The quantitative estimate of drug-likeness (QED) is 0.519. The summed E-state index contributed by atoms with van der Waals surface area (Å²) in [6, 6.07) is 1.79. The number of aliphatic hydroxyl groups is 1. The van der Waals surface area contributed by atoms with Crippen LogP contribution in [-0.2, 0) is 14.3 Å². The molecule has 8 nitrogen and oxygen atoms in total. The first kappa shape index (κ1) is 20.7. The number of carbonyl (C=O) groups is 1. The second-order valence-electron chi connectivity index (χ2n) is 6.45. The maximum Gasteiger partial charge on any atom is 0.306 e. The van der Waals surface area contributed by atoms with Crippen LogP contribution in [0, 0.1) is 5.41 Å². The molecular weight excluding hydrogens is 362 g/mol. The first-order valence-electron chi connectivity index (χ1n) is 8.90. The molecule has 146 valence electrons. The van der Waals surface area contributed by atoms with Crippen LogP contribution in [0.15, 0.2) is 12.3 Å². The van der Waals surface area contributed by atoms with E-state index in [9.17, 15) is 9.90 Å². The van der Waals surface area contributed by atoms with Crippen molar-refractivity contribution in [2.45, 2.75) is 70.0 Å². The SMILES string of the molecule is CCCCCCCC(=O)O[C@H]1[C@@H]2Oc3nc(=N)ccn3[C@@H]2O[C@@H]1CO.Cl. The van der Waals surface area contributed by atoms with Crippen LogP contribution in [0.3, 0.4) is 0 Å². The zero-order valence-corrected chi connectivity index (χ0v) is 15.6. The number of ether oxygens (including phenoxy) is 3. The minimum absolute atomic E-state index is 0. The number of aliphatic hydroxyl groups excluding tert-OH is 1. The van der Waals surface area contributed by atoms with Gasteiger partial charge in [-0.3, -0.25) is 14.8 Å². The highest BCUT2D eigenvalue weighted by atomic mass is 35.5. The number of rotatable bonds is 8. The Kier molecular flexibility index (Phi) is 7.43. The molecule has 1 aromatic rings. The van der Waals surface area contributed by atoms with E-state index < -0.39 is 24.5 Å². The van der Waals surface area contributed by atoms with Crippen molar-refractivity contribution in [1.82, 2.24) is 9.55 Å². The molecule has 0 aromatic carbocycles. The summed E-state index contributed by atoms with van der Waals surface area (Å²) in [7, 11) is 0. The second kappa shape index (κ2) is 9.34. The fourth-order valence-corrected chi connectivity index (χ4v) is 3.25. The number of aromatic nitrogens is 2. The van der Waals surface area contributed by atoms with Crippen molar-refractivity contribution < 1.29 is 24.1 Å². The molecule has 1 saturated heterocycles. The van der Waals surface area contributed by atoms with Gasteiger partial charge in [-0.15, -0.1) is 12.4 Å². The molecule has 26 heavy (non-hydrogen) atoms. The van der Waals surface area contributed by atoms with Crippen molar-refractivity contribution in [2.75, 3.05) is 6.61 Å². The third-order valence-corrected chi connectivity index (χ3v) is 4.56. The fraction of sp³-hybridized carbons (Fsp3) is 0.706. The van der Waals surface area contributed by atoms with E-state index in [1.165, 1.54) is 12.5 Å². The standard InChI is InChI=1S/C17H25N3O5.ClH/c1-2-3-4-5-6-7-13(22)24-14-11(10-21)23-16-15(14)25-17-19-12(18)8-9-20(16)17;/h8-9,11,14-16,18,21H,2-7,10H2,1H3;1H/t11-,14-,15+,16-;/m1./s1. The summed E-state index contributed by atoms with van der Waals surface area (Å²) in [4.78, 5) is 16.1. The van der Waals surface area contributed by atoms with E-state index >= 15 is 0 Å². The van der Waals surface area contributed by atoms with Crippen LogP contribution in [0.1, 0.15) is 51.7 Å². The number of nitrogens with zero attached hydrogens (tertiary/aromatic N) is 2. The van der Waals surface area contributed by atoms with Crippen LogP contribution in [0.2, 0.25) is 0 Å². The lowest BCUT2D eigenvalue weighted by Gasteiger charge is -2.20. The van der Waals surface area contributed by atoms with Gasteiger partial charge in [-0.1, -0.05) is 32.6 Å². The minimum Gasteiger partial charge on any atom is -0.455 e. The van der Waals surface area contributed by atoms with Crippen LogP contribution in [0.4, 0.5) is 0 Å². The van der Waals surface area contributed by atoms with Crippen LogP contribution >= 0.6 is 12.4 Å². The highest BCUT2D eigenvalue weighted by Crippen LogP contribution is 2.40. The van der Waals surface area contributed by atoms with Gasteiger partial charge in [-0.05, 0) is 12.5 Å². The van der Waals surface area contributed by atoms with Crippen LogP contribution < -0.4 is 10.2 Å². The van der Waals surface area contributed by atoms with Gasteiger partial charge in [0.15, 0.2) is 23.9 Å². The molecule has 2 N–H and O–H groups in total. The molecule has 0 amide bonds. The smallest absolute Gasteiger partial charge is 0.306 e. The van der Waals surface area contributed by atoms with Crippen LogP contribution in [0.5, 0.6) is 6.01 Å². The Labute approximate surface area is 158 Å². The average molecular weight is 388 g/mol. The molecule has 2 aliphatic rings. The van der Waals surface area contributed by atoms with Gasteiger partial charge in [-0.25, -0.2) is 0 Å². The molecule has 0 spiro atoms. The monoisotopic (exact) mass is 387 g/mol. The Morgan fingerprint density at radius 3 is 2.88 bits per heavy atom. The predicted octanol–water partition coefficient (Wildman–Crippen LogP) is 1.71. The van der Waals surface area contributed by atoms with Crippen molar-refractivity contribution in [2.24, 2.45) is 0 Å². The number of hydrogen-bond acceptors (Lipinski definition) is 7. The number of nitrogens with one attached hydrogen (secondary N) is 1. The van der Waals surface area contributed by atoms with Gasteiger partial charge in [0.1, 0.15) is 6.10 Å². The summed E-state index contributed by atoms with van der Waals surface area (Å²) in [6.07, 6.45) is 4.88. The van der Waals surface area contributed by atoms with Gasteiger partial charge in [0.25, 0.3) is 0 Å². The molecule has 9 heteroatoms. The van der Waals surface area contributed by atoms with Gasteiger partial charge in [0.2, 0.25) is 0 Å². The Balaban J connectivity index is 0.00000243. The van der Waals surface area contributed by atoms with Gasteiger partial charge < -0.3 is 19.3 Å². The molecule has 0 saturated carbocycles. The average Bonchev–Trinajstić information content (AvgIpc) is 3.10. The Bertz CT molecular complexity index is 668. The number of halogens is 1. The highest BCUT2D eigenvalue weighted by Gasteiger charge is 2.53. The van der Waals surface area contributed by atoms with E-state index in [-0.39, 0.29) is 36.5 Å². The number of esters is 1. The Morgan fingerprint density at radius 2 is 2.15 bits per heavy atom. The van der Waals surface area contributed by atoms with E-state index in [1.807, 2.05) is 0 Å². The van der Waals surface area contributed by atoms with Crippen molar-refractivity contribution >= 4 is 18.4 Å². The van der Waals surface area contributed by atoms with E-state index in [0.717, 1.165) is 25.7 Å². The molecule has 0 radical (unpaired) electrons. The molecule has 0 unspecified atom stereocenters. The minimum atomic E-state index is -0.686. The molecule has 3 rings (SSSR count). The highest BCUT2D eigenvalue weighted by molar-refractivity contribution is 5.85. The summed E-state index contributed by atoms with van der Waals surface area (Å²) in [6.45, 7) is 1.89. The zero-order chi connectivity index (χ0) is 17.8. The van der Waals surface area contributed by atoms with Crippen molar-refractivity contribution in [3.63, 3.8) is 0 Å². The second-order valence-corrected chi connectivity index (χ2v) is 6.45. The molecule has 3 heterocycles. The summed E-state index contributed by atoms with van der Waals surface area (Å²) in [5.74, 6) is -0.303. The van der Waals surface area contributed by atoms with Crippen molar-refractivity contribution in [3.05, 3.63) is 17.8 Å². The lowest BCUT2D eigenvalue weighted by molar-refractivity contribution is -0.156. The number of fused-ring (bicyclic) bond motifs is 3. The maximum absolute atomic E-state index is 12.1. The Hall–Kier alpha value is -1.64. The first-order valence-corrected chi connectivity index (χ1v) is 8.90. The lowest BCUT2D eigenvalue weighted by Crippen LogP contribution is -2.39. The topological polar surface area (TPSA) is 107 Å². The molecule has 1 aromatic heterocycles. The third kappa shape index (κ3) is 4.36. The summed E-state index contributed by atoms with van der Waals surface area (Å²) in [5, 5.41) is 17.1. The normalized spacial score (nSPS) is 25.8. The maximum atomic E-state index is 12.1. The summed E-state index contributed by atoms with van der Waals surface area (Å²) >= 11 is 0. The molecule has 0 aliphatic carbocycles. The van der Waals surface area contributed by atoms with E-state index in [2.05, 4.69) is 11.9 Å². The van der Waals surface area contributed by atoms with E-state index in [0.29, 0.717) is 6.42 Å². The molecule has 1 fully saturated rings. The molecule has 2 aliphatic heterocycles. The lowest BCUT2D eigenvalue weighted by atomic mass is 10.1. The van der Waals surface area contributed by atoms with Crippen LogP contribution in [-0.4, -0.2) is 45.5 Å². The largest absolute Gasteiger partial charge is 0.455 e. The summed E-state index contributed by atoms with van der Waals surface area (Å²) in [5.41, 5.74) is 0.0885. The summed E-state index contributed by atoms with van der Waals surface area (Å²) < 4.78 is 18.7. The fourth-order valence-electron chi connectivity index (χ4n) is 3.25. The molecule has 0 bridgehead atoms. The Morgan fingerprint density at radius 1 is 1.38 bits per heavy atom. The number of unbranched alkanes of at least 4 members (excludes halogenated alkanes) is 4. The van der Waals surface area contributed by atoms with Gasteiger partial charge in [0.05, 0.1) is 6.61 Å². The van der Waals surface area contributed by atoms with Gasteiger partial charge >= 0.3 is 12.0 Å². The van der Waals surface area contributed by atoms with Crippen molar-refractivity contribution in [1.29, 1.82) is 5.41 Å². The van der Waals surface area contributed by atoms with E-state index in [1.54, 1.807) is 10.8 Å². The van der Waals surface area contributed by atoms with Crippen molar-refractivity contribution in [3.8, 4) is 6.01 Å². The molecule has 4 atom stereocenters. The first-order chi connectivity index (χ1) is 12.1. The van der Waals surface area contributed by atoms with Gasteiger partial charge in [0, 0.05) is 12.6 Å².